The molecule has 10 nitrogen and oxygen atoms in total. The number of hydrogen-bond acceptors (Lipinski definition) is 6. The van der Waals surface area contributed by atoms with E-state index in [1.54, 1.807) is 0 Å². The molecule has 0 fully saturated rings. The number of rotatable bonds is 7. The monoisotopic (exact) mass is 334 g/mol. The van der Waals surface area contributed by atoms with Crippen LogP contribution in [0.3, 0.4) is 0 Å². The molecule has 1 rings (SSSR count). The van der Waals surface area contributed by atoms with Crippen molar-refractivity contribution >= 4 is 19.7 Å². The molecule has 0 heterocycles. The number of amides is 1. The summed E-state index contributed by atoms with van der Waals surface area (Å²) in [6.07, 6.45) is -0.162. The molecule has 11 heteroatoms. The maximum atomic E-state index is 11.1. The maximum Gasteiger partial charge on any atom is 0.524 e. The molecule has 1 aromatic rings. The quantitative estimate of drug-likeness (QED) is 0.339. The van der Waals surface area contributed by atoms with Gasteiger partial charge in [-0.1, -0.05) is 6.07 Å². The third-order valence-corrected chi connectivity index (χ3v) is 2.93. The van der Waals surface area contributed by atoms with E-state index in [0.29, 0.717) is 5.56 Å². The summed E-state index contributed by atoms with van der Waals surface area (Å²) < 4.78 is 14.9. The molecule has 1 aromatic carbocycles. The number of carboxylic acids is 1. The van der Waals surface area contributed by atoms with E-state index in [1.807, 2.05) is 0 Å². The van der Waals surface area contributed by atoms with Gasteiger partial charge in [-0.2, -0.15) is 0 Å². The van der Waals surface area contributed by atoms with Gasteiger partial charge in [-0.05, 0) is 17.7 Å². The lowest BCUT2D eigenvalue weighted by molar-refractivity contribution is -0.141. The molecular formula is C11H15N2O8P. The summed E-state index contributed by atoms with van der Waals surface area (Å²) in [5.41, 5.74) is 5.39. The van der Waals surface area contributed by atoms with Gasteiger partial charge in [0.2, 0.25) is 5.91 Å². The first-order valence-corrected chi connectivity index (χ1v) is 7.44. The molecule has 7 N–H and O–H groups in total. The zero-order valence-corrected chi connectivity index (χ0v) is 12.1. The Bertz CT molecular complexity index is 614. The number of phenols is 1. The number of carbonyl (C=O) groups is 2. The molecule has 122 valence electrons. The van der Waals surface area contributed by atoms with Gasteiger partial charge in [0.25, 0.3) is 0 Å². The Labute approximate surface area is 124 Å². The molecular weight excluding hydrogens is 319 g/mol. The van der Waals surface area contributed by atoms with Crippen molar-refractivity contribution in [2.24, 2.45) is 5.73 Å². The summed E-state index contributed by atoms with van der Waals surface area (Å²) in [5.74, 6) is -2.97. The predicted molar refractivity (Wildman–Crippen MR) is 73.1 cm³/mol. The largest absolute Gasteiger partial charge is 0.524 e. The van der Waals surface area contributed by atoms with Crippen molar-refractivity contribution < 1.29 is 38.7 Å². The fourth-order valence-electron chi connectivity index (χ4n) is 1.58. The van der Waals surface area contributed by atoms with Crippen LogP contribution in [0.5, 0.6) is 11.5 Å². The fourth-order valence-corrected chi connectivity index (χ4v) is 1.99. The van der Waals surface area contributed by atoms with E-state index in [-0.39, 0.29) is 13.0 Å². The molecule has 0 saturated heterocycles. The minimum absolute atomic E-state index is 0.162. The van der Waals surface area contributed by atoms with Crippen molar-refractivity contribution in [2.75, 3.05) is 6.54 Å². The number of hydrogen-bond donors (Lipinski definition) is 6. The van der Waals surface area contributed by atoms with Gasteiger partial charge < -0.3 is 25.8 Å². The zero-order valence-electron chi connectivity index (χ0n) is 11.2. The van der Waals surface area contributed by atoms with Crippen molar-refractivity contribution in [3.63, 3.8) is 0 Å². The number of phosphoric acid groups is 1. The zero-order chi connectivity index (χ0) is 16.9. The second-order valence-electron chi connectivity index (χ2n) is 4.25. The summed E-state index contributed by atoms with van der Waals surface area (Å²) in [7, 11) is -4.82. The van der Waals surface area contributed by atoms with Crippen LogP contribution in [0.4, 0.5) is 0 Å². The van der Waals surface area contributed by atoms with Crippen LogP contribution in [-0.4, -0.2) is 44.5 Å². The summed E-state index contributed by atoms with van der Waals surface area (Å²) >= 11 is 0. The van der Waals surface area contributed by atoms with Crippen LogP contribution in [0.25, 0.3) is 0 Å². The average Bonchev–Trinajstić information content (AvgIpc) is 2.39. The van der Waals surface area contributed by atoms with E-state index in [2.05, 4.69) is 9.84 Å². The molecule has 0 spiro atoms. The van der Waals surface area contributed by atoms with E-state index in [1.165, 1.54) is 6.07 Å². The Morgan fingerprint density at radius 1 is 1.36 bits per heavy atom. The number of phenolic OH excluding ortho intramolecular Hbond substituents is 1. The molecule has 0 unspecified atom stereocenters. The number of carbonyl (C=O) groups excluding carboxylic acids is 1. The lowest BCUT2D eigenvalue weighted by Gasteiger charge is -2.15. The SMILES string of the molecule is NCC(=O)N[C@@H](Cc1ccc(OP(=O)(O)O)c(O)c1)C(=O)O. The van der Waals surface area contributed by atoms with Crippen LogP contribution in [0, 0.1) is 0 Å². The Balaban J connectivity index is 2.88. The molecule has 0 aliphatic carbocycles. The number of nitrogens with two attached hydrogens (primary N) is 1. The minimum atomic E-state index is -4.82. The number of phosphoric ester groups is 1. The molecule has 0 aliphatic rings. The summed E-state index contributed by atoms with van der Waals surface area (Å²) in [6, 6.07) is 2.20. The van der Waals surface area contributed by atoms with Crippen LogP contribution in [0.2, 0.25) is 0 Å². The number of aromatic hydroxyl groups is 1. The minimum Gasteiger partial charge on any atom is -0.504 e. The predicted octanol–water partition coefficient (Wildman–Crippen LogP) is -1.07. The van der Waals surface area contributed by atoms with E-state index in [0.717, 1.165) is 12.1 Å². The number of nitrogens with one attached hydrogen (secondary N) is 1. The summed E-state index contributed by atoms with van der Waals surface area (Å²) in [5, 5.41) is 20.8. The highest BCUT2D eigenvalue weighted by Crippen LogP contribution is 2.41. The standard InChI is InChI=1S/C11H15N2O8P/c12-5-10(15)13-7(11(16)17)3-6-1-2-9(8(14)4-6)21-22(18,19)20/h1-2,4,7,14H,3,5,12H2,(H,13,15)(H,16,17)(H2,18,19,20)/t7-/m0/s1. The van der Waals surface area contributed by atoms with Crippen molar-refractivity contribution in [3.05, 3.63) is 23.8 Å². The molecule has 0 aromatic heterocycles. The normalized spacial score (nSPS) is 12.5. The van der Waals surface area contributed by atoms with E-state index >= 15 is 0 Å². The highest BCUT2D eigenvalue weighted by atomic mass is 31.2. The highest BCUT2D eigenvalue weighted by Gasteiger charge is 2.22. The molecule has 0 saturated carbocycles. The Morgan fingerprint density at radius 2 is 2.00 bits per heavy atom. The van der Waals surface area contributed by atoms with E-state index in [4.69, 9.17) is 20.6 Å². The fraction of sp³-hybridized carbons (Fsp3) is 0.273. The molecule has 1 atom stereocenters. The Morgan fingerprint density at radius 3 is 2.45 bits per heavy atom. The van der Waals surface area contributed by atoms with Crippen molar-refractivity contribution in [3.8, 4) is 11.5 Å². The molecule has 0 radical (unpaired) electrons. The van der Waals surface area contributed by atoms with Gasteiger partial charge in [-0.15, -0.1) is 0 Å². The second-order valence-corrected chi connectivity index (χ2v) is 5.41. The van der Waals surface area contributed by atoms with Gasteiger partial charge in [0, 0.05) is 6.42 Å². The summed E-state index contributed by atoms with van der Waals surface area (Å²) in [6.45, 7) is -0.371. The van der Waals surface area contributed by atoms with Gasteiger partial charge in [-0.3, -0.25) is 14.6 Å². The first-order chi connectivity index (χ1) is 10.1. The average molecular weight is 334 g/mol. The molecule has 1 amide bonds. The number of benzene rings is 1. The maximum absolute atomic E-state index is 11.1. The second kappa shape index (κ2) is 7.23. The van der Waals surface area contributed by atoms with Crippen molar-refractivity contribution in [2.45, 2.75) is 12.5 Å². The molecule has 22 heavy (non-hydrogen) atoms. The van der Waals surface area contributed by atoms with E-state index < -0.39 is 37.2 Å². The van der Waals surface area contributed by atoms with Gasteiger partial charge in [0.15, 0.2) is 11.5 Å². The lowest BCUT2D eigenvalue weighted by Crippen LogP contribution is -2.44. The number of aliphatic carboxylic acids is 1. The Hall–Kier alpha value is -2.13. The molecule has 0 aliphatic heterocycles. The van der Waals surface area contributed by atoms with Gasteiger partial charge in [0.1, 0.15) is 6.04 Å². The first-order valence-electron chi connectivity index (χ1n) is 5.91. The van der Waals surface area contributed by atoms with Gasteiger partial charge >= 0.3 is 13.8 Å². The van der Waals surface area contributed by atoms with Crippen molar-refractivity contribution in [1.29, 1.82) is 0 Å². The smallest absolute Gasteiger partial charge is 0.504 e. The van der Waals surface area contributed by atoms with Gasteiger partial charge in [0.05, 0.1) is 6.54 Å². The topological polar surface area (TPSA) is 179 Å². The number of carboxylic acid groups (broad SMARTS) is 1. The third kappa shape index (κ3) is 5.70. The van der Waals surface area contributed by atoms with Crippen LogP contribution < -0.4 is 15.6 Å². The van der Waals surface area contributed by atoms with Crippen LogP contribution in [-0.2, 0) is 20.6 Å². The first kappa shape index (κ1) is 17.9. The summed E-state index contributed by atoms with van der Waals surface area (Å²) in [4.78, 5) is 39.5. The van der Waals surface area contributed by atoms with Crippen LogP contribution >= 0.6 is 7.82 Å². The third-order valence-electron chi connectivity index (χ3n) is 2.50. The van der Waals surface area contributed by atoms with Crippen LogP contribution in [0.1, 0.15) is 5.56 Å². The molecule has 0 bridgehead atoms. The Kier molecular flexibility index (Phi) is 5.89. The van der Waals surface area contributed by atoms with E-state index in [9.17, 15) is 19.3 Å². The lowest BCUT2D eigenvalue weighted by atomic mass is 10.1. The highest BCUT2D eigenvalue weighted by molar-refractivity contribution is 7.46. The van der Waals surface area contributed by atoms with Crippen LogP contribution in [0.15, 0.2) is 18.2 Å². The van der Waals surface area contributed by atoms with Crippen molar-refractivity contribution in [1.82, 2.24) is 5.32 Å². The van der Waals surface area contributed by atoms with Gasteiger partial charge in [-0.25, -0.2) is 9.36 Å².